The van der Waals surface area contributed by atoms with E-state index in [0.717, 1.165) is 6.42 Å². The minimum atomic E-state index is -0.229. The van der Waals surface area contributed by atoms with Crippen LogP contribution in [0.5, 0.6) is 0 Å². The first-order chi connectivity index (χ1) is 11.1. The number of hydrogen-bond acceptors (Lipinski definition) is 2. The minimum Gasteiger partial charge on any atom is -0.352 e. The summed E-state index contributed by atoms with van der Waals surface area (Å²) in [5.41, 5.74) is 1.55. The van der Waals surface area contributed by atoms with Crippen LogP contribution in [0.15, 0.2) is 54.6 Å². The van der Waals surface area contributed by atoms with Crippen LogP contribution in [0.3, 0.4) is 0 Å². The van der Waals surface area contributed by atoms with E-state index in [1.54, 1.807) is 48.5 Å². The Hall–Kier alpha value is -2.62. The Labute approximate surface area is 136 Å². The lowest BCUT2D eigenvalue weighted by molar-refractivity contribution is 0.0953. The maximum absolute atomic E-state index is 12.3. The molecule has 23 heavy (non-hydrogen) atoms. The van der Waals surface area contributed by atoms with Crippen LogP contribution in [0.25, 0.3) is 0 Å². The van der Waals surface area contributed by atoms with E-state index >= 15 is 0 Å². The number of nitrogens with one attached hydrogen (secondary N) is 2. The van der Waals surface area contributed by atoms with E-state index in [-0.39, 0.29) is 11.8 Å². The number of hydrogen-bond donors (Lipinski definition) is 2. The summed E-state index contributed by atoms with van der Waals surface area (Å²) >= 11 is 0. The third kappa shape index (κ3) is 4.95. The molecule has 0 saturated heterocycles. The number of para-hydroxylation sites is 1. The van der Waals surface area contributed by atoms with Gasteiger partial charge in [-0.05, 0) is 36.6 Å². The number of amides is 2. The fraction of sp³-hybridized carbons (Fsp3) is 0.263. The molecule has 0 unspecified atom stereocenters. The fourth-order valence-corrected chi connectivity index (χ4v) is 2.14. The van der Waals surface area contributed by atoms with Gasteiger partial charge in [-0.3, -0.25) is 9.59 Å². The zero-order chi connectivity index (χ0) is 16.7. The van der Waals surface area contributed by atoms with E-state index in [1.807, 2.05) is 6.07 Å². The molecule has 2 amide bonds. The van der Waals surface area contributed by atoms with Crippen LogP contribution in [0, 0.1) is 5.92 Å². The van der Waals surface area contributed by atoms with Gasteiger partial charge in [0.15, 0.2) is 0 Å². The fourth-order valence-electron chi connectivity index (χ4n) is 2.14. The highest BCUT2D eigenvalue weighted by Crippen LogP contribution is 2.16. The molecule has 2 N–H and O–H groups in total. The van der Waals surface area contributed by atoms with Crippen LogP contribution in [-0.4, -0.2) is 18.4 Å². The lowest BCUT2D eigenvalue weighted by Gasteiger charge is -2.12. The van der Waals surface area contributed by atoms with Crippen molar-refractivity contribution < 1.29 is 9.59 Å². The highest BCUT2D eigenvalue weighted by molar-refractivity contribution is 6.08. The molecule has 0 aliphatic heterocycles. The van der Waals surface area contributed by atoms with Crippen LogP contribution in [0.2, 0.25) is 0 Å². The summed E-state index contributed by atoms with van der Waals surface area (Å²) in [6.07, 6.45) is 0.921. The van der Waals surface area contributed by atoms with E-state index in [0.29, 0.717) is 29.3 Å². The highest BCUT2D eigenvalue weighted by Gasteiger charge is 2.13. The maximum Gasteiger partial charge on any atom is 0.255 e. The van der Waals surface area contributed by atoms with E-state index in [2.05, 4.69) is 24.5 Å². The van der Waals surface area contributed by atoms with Crippen molar-refractivity contribution in [2.75, 3.05) is 11.9 Å². The number of anilines is 1. The first kappa shape index (κ1) is 16.7. The molecule has 0 radical (unpaired) electrons. The van der Waals surface area contributed by atoms with Gasteiger partial charge in [0.1, 0.15) is 0 Å². The molecular weight excluding hydrogens is 288 g/mol. The second-order valence-corrected chi connectivity index (χ2v) is 5.80. The molecular formula is C19H22N2O2. The molecule has 4 heteroatoms. The van der Waals surface area contributed by atoms with Crippen LogP contribution in [-0.2, 0) is 0 Å². The van der Waals surface area contributed by atoms with Gasteiger partial charge in [0.05, 0.1) is 11.3 Å². The normalized spacial score (nSPS) is 10.4. The Bertz CT molecular complexity index is 666. The molecule has 0 aliphatic rings. The van der Waals surface area contributed by atoms with Crippen molar-refractivity contribution in [2.45, 2.75) is 20.3 Å². The van der Waals surface area contributed by atoms with Crippen LogP contribution >= 0.6 is 0 Å². The first-order valence-corrected chi connectivity index (χ1v) is 7.81. The monoisotopic (exact) mass is 310 g/mol. The smallest absolute Gasteiger partial charge is 0.255 e. The first-order valence-electron chi connectivity index (χ1n) is 7.81. The van der Waals surface area contributed by atoms with Gasteiger partial charge in [-0.15, -0.1) is 0 Å². The van der Waals surface area contributed by atoms with Gasteiger partial charge in [0, 0.05) is 12.1 Å². The van der Waals surface area contributed by atoms with Crippen molar-refractivity contribution in [3.63, 3.8) is 0 Å². The molecule has 0 fully saturated rings. The van der Waals surface area contributed by atoms with E-state index in [9.17, 15) is 9.59 Å². The molecule has 0 aliphatic carbocycles. The second-order valence-electron chi connectivity index (χ2n) is 5.80. The molecule has 0 spiro atoms. The molecule has 2 aromatic rings. The second kappa shape index (κ2) is 8.13. The van der Waals surface area contributed by atoms with E-state index in [1.165, 1.54) is 0 Å². The quantitative estimate of drug-likeness (QED) is 0.854. The predicted octanol–water partition coefficient (Wildman–Crippen LogP) is 3.71. The molecule has 120 valence electrons. The lowest BCUT2D eigenvalue weighted by Crippen LogP contribution is -2.26. The van der Waals surface area contributed by atoms with E-state index in [4.69, 9.17) is 0 Å². The van der Waals surface area contributed by atoms with Crippen molar-refractivity contribution in [3.05, 3.63) is 65.7 Å². The van der Waals surface area contributed by atoms with Gasteiger partial charge in [0.25, 0.3) is 11.8 Å². The van der Waals surface area contributed by atoms with Gasteiger partial charge in [-0.25, -0.2) is 0 Å². The predicted molar refractivity (Wildman–Crippen MR) is 92.6 cm³/mol. The van der Waals surface area contributed by atoms with Crippen molar-refractivity contribution in [1.29, 1.82) is 0 Å². The van der Waals surface area contributed by atoms with Crippen molar-refractivity contribution in [2.24, 2.45) is 5.92 Å². The molecule has 0 heterocycles. The Morgan fingerprint density at radius 3 is 2.26 bits per heavy atom. The van der Waals surface area contributed by atoms with Crippen molar-refractivity contribution in [1.82, 2.24) is 5.32 Å². The topological polar surface area (TPSA) is 58.2 Å². The summed E-state index contributed by atoms with van der Waals surface area (Å²) in [6.45, 7) is 4.85. The Morgan fingerprint density at radius 1 is 0.913 bits per heavy atom. The van der Waals surface area contributed by atoms with Gasteiger partial charge in [0.2, 0.25) is 0 Å². The molecule has 0 bridgehead atoms. The van der Waals surface area contributed by atoms with Gasteiger partial charge in [-0.1, -0.05) is 44.2 Å². The third-order valence-electron chi connectivity index (χ3n) is 3.46. The van der Waals surface area contributed by atoms with Gasteiger partial charge < -0.3 is 10.6 Å². The number of rotatable bonds is 6. The third-order valence-corrected chi connectivity index (χ3v) is 3.46. The zero-order valence-corrected chi connectivity index (χ0v) is 13.5. The summed E-state index contributed by atoms with van der Waals surface area (Å²) in [5, 5.41) is 5.70. The Morgan fingerprint density at radius 2 is 1.57 bits per heavy atom. The number of carbonyl (C=O) groups excluding carboxylic acids is 2. The molecule has 0 aromatic heterocycles. The SMILES string of the molecule is CC(C)CCNC(=O)c1ccccc1NC(=O)c1ccccc1. The summed E-state index contributed by atoms with van der Waals surface area (Å²) in [7, 11) is 0. The summed E-state index contributed by atoms with van der Waals surface area (Å²) in [6, 6.07) is 16.0. The molecule has 2 rings (SSSR count). The summed E-state index contributed by atoms with van der Waals surface area (Å²) < 4.78 is 0. The molecule has 4 nitrogen and oxygen atoms in total. The average Bonchev–Trinajstić information content (AvgIpc) is 2.55. The molecule has 0 atom stereocenters. The van der Waals surface area contributed by atoms with Gasteiger partial charge >= 0.3 is 0 Å². The van der Waals surface area contributed by atoms with E-state index < -0.39 is 0 Å². The van der Waals surface area contributed by atoms with Crippen LogP contribution in [0.4, 0.5) is 5.69 Å². The lowest BCUT2D eigenvalue weighted by atomic mass is 10.1. The number of benzene rings is 2. The number of carbonyl (C=O) groups is 2. The maximum atomic E-state index is 12.3. The molecule has 0 saturated carbocycles. The van der Waals surface area contributed by atoms with Crippen molar-refractivity contribution >= 4 is 17.5 Å². The Balaban J connectivity index is 2.08. The summed E-state index contributed by atoms with van der Waals surface area (Å²) in [4.78, 5) is 24.6. The van der Waals surface area contributed by atoms with Crippen LogP contribution in [0.1, 0.15) is 41.0 Å². The highest BCUT2D eigenvalue weighted by atomic mass is 16.2. The summed E-state index contributed by atoms with van der Waals surface area (Å²) in [5.74, 6) is 0.131. The average molecular weight is 310 g/mol. The van der Waals surface area contributed by atoms with Gasteiger partial charge in [-0.2, -0.15) is 0 Å². The molecule has 2 aromatic carbocycles. The standard InChI is InChI=1S/C19H22N2O2/c1-14(2)12-13-20-19(23)16-10-6-7-11-17(16)21-18(22)15-8-4-3-5-9-15/h3-11,14H,12-13H2,1-2H3,(H,20,23)(H,21,22). The van der Waals surface area contributed by atoms with Crippen LogP contribution < -0.4 is 10.6 Å². The Kier molecular flexibility index (Phi) is 5.92. The minimum absolute atomic E-state index is 0.172. The largest absolute Gasteiger partial charge is 0.352 e. The zero-order valence-electron chi connectivity index (χ0n) is 13.5. The van der Waals surface area contributed by atoms with Crippen molar-refractivity contribution in [3.8, 4) is 0 Å².